The summed E-state index contributed by atoms with van der Waals surface area (Å²) >= 11 is 0. The summed E-state index contributed by atoms with van der Waals surface area (Å²) in [5, 5.41) is 8.54. The number of aromatic nitrogens is 3. The van der Waals surface area contributed by atoms with Crippen LogP contribution in [0.5, 0.6) is 0 Å². The molecule has 2 aliphatic rings. The van der Waals surface area contributed by atoms with Crippen molar-refractivity contribution in [3.05, 3.63) is 48.2 Å². The monoisotopic (exact) mass is 393 g/mol. The van der Waals surface area contributed by atoms with E-state index >= 15 is 0 Å². The Labute approximate surface area is 173 Å². The molecule has 0 saturated carbocycles. The zero-order valence-corrected chi connectivity index (χ0v) is 17.3. The highest BCUT2D eigenvalue weighted by atomic mass is 15.4. The molecule has 7 heteroatoms. The van der Waals surface area contributed by atoms with Gasteiger partial charge in [0.15, 0.2) is 5.82 Å². The van der Waals surface area contributed by atoms with Gasteiger partial charge in [-0.05, 0) is 12.1 Å². The molecule has 0 amide bonds. The predicted molar refractivity (Wildman–Crippen MR) is 118 cm³/mol. The van der Waals surface area contributed by atoms with Crippen molar-refractivity contribution in [2.75, 3.05) is 75.2 Å². The first-order valence-electron chi connectivity index (χ1n) is 10.7. The number of piperazine rings is 2. The molecule has 0 N–H and O–H groups in total. The third-order valence-electron chi connectivity index (χ3n) is 5.81. The van der Waals surface area contributed by atoms with Crippen LogP contribution < -0.4 is 9.80 Å². The number of anilines is 2. The lowest BCUT2D eigenvalue weighted by molar-refractivity contribution is 0.269. The molecule has 0 bridgehead atoms. The third kappa shape index (κ3) is 5.31. The Balaban J connectivity index is 1.28. The molecule has 4 rings (SSSR count). The SMILES string of the molecule is CCN1CCN(c2nncc(N3CCN(C/C=C/c4ccccc4)CC3)n2)CC1. The van der Waals surface area contributed by atoms with Gasteiger partial charge in [-0.1, -0.05) is 49.4 Å². The van der Waals surface area contributed by atoms with Crippen LogP contribution in [0.2, 0.25) is 0 Å². The van der Waals surface area contributed by atoms with Gasteiger partial charge in [-0.15, -0.1) is 5.10 Å². The number of likely N-dealkylation sites (N-methyl/N-ethyl adjacent to an activating group) is 1. The maximum Gasteiger partial charge on any atom is 0.247 e. The first kappa shape index (κ1) is 19.8. The zero-order valence-electron chi connectivity index (χ0n) is 17.3. The van der Waals surface area contributed by atoms with Crippen LogP contribution in [0, 0.1) is 0 Å². The smallest absolute Gasteiger partial charge is 0.247 e. The summed E-state index contributed by atoms with van der Waals surface area (Å²) in [6.45, 7) is 12.4. The van der Waals surface area contributed by atoms with Crippen molar-refractivity contribution in [1.82, 2.24) is 25.0 Å². The molecule has 2 aromatic rings. The van der Waals surface area contributed by atoms with Crippen LogP contribution in [0.25, 0.3) is 6.08 Å². The van der Waals surface area contributed by atoms with Crippen molar-refractivity contribution in [2.24, 2.45) is 0 Å². The van der Waals surface area contributed by atoms with Crippen LogP contribution in [0.1, 0.15) is 12.5 Å². The number of benzene rings is 1. The minimum absolute atomic E-state index is 0.770. The lowest BCUT2D eigenvalue weighted by Crippen LogP contribution is -2.48. The fourth-order valence-electron chi connectivity index (χ4n) is 3.90. The van der Waals surface area contributed by atoms with Crippen molar-refractivity contribution in [2.45, 2.75) is 6.92 Å². The van der Waals surface area contributed by atoms with Crippen LogP contribution in [0.15, 0.2) is 42.6 Å². The number of rotatable bonds is 6. The average molecular weight is 394 g/mol. The number of hydrogen-bond donors (Lipinski definition) is 0. The van der Waals surface area contributed by atoms with E-state index in [1.165, 1.54) is 5.56 Å². The van der Waals surface area contributed by atoms with Crippen molar-refractivity contribution in [3.8, 4) is 0 Å². The third-order valence-corrected chi connectivity index (χ3v) is 5.81. The Morgan fingerprint density at radius 1 is 0.862 bits per heavy atom. The van der Waals surface area contributed by atoms with E-state index in [1.54, 1.807) is 6.20 Å². The molecule has 0 spiro atoms. The van der Waals surface area contributed by atoms with E-state index in [2.05, 4.69) is 79.2 Å². The zero-order chi connectivity index (χ0) is 19.9. The summed E-state index contributed by atoms with van der Waals surface area (Å²) in [4.78, 5) is 14.4. The van der Waals surface area contributed by atoms with Gasteiger partial charge in [0, 0.05) is 58.9 Å². The second-order valence-corrected chi connectivity index (χ2v) is 7.64. The van der Waals surface area contributed by atoms with E-state index in [0.717, 1.165) is 77.2 Å². The highest BCUT2D eigenvalue weighted by molar-refractivity contribution is 5.49. The Kier molecular flexibility index (Phi) is 6.69. The molecule has 7 nitrogen and oxygen atoms in total. The number of nitrogens with zero attached hydrogens (tertiary/aromatic N) is 7. The maximum atomic E-state index is 4.83. The van der Waals surface area contributed by atoms with Crippen molar-refractivity contribution in [3.63, 3.8) is 0 Å². The summed E-state index contributed by atoms with van der Waals surface area (Å²) in [6.07, 6.45) is 6.26. The van der Waals surface area contributed by atoms with E-state index in [9.17, 15) is 0 Å². The Bertz CT molecular complexity index is 779. The molecule has 2 saturated heterocycles. The van der Waals surface area contributed by atoms with Gasteiger partial charge in [0.05, 0.1) is 6.20 Å². The van der Waals surface area contributed by atoms with Crippen molar-refractivity contribution < 1.29 is 0 Å². The van der Waals surface area contributed by atoms with E-state index in [4.69, 9.17) is 4.98 Å². The summed E-state index contributed by atoms with van der Waals surface area (Å²) in [5.74, 6) is 1.72. The van der Waals surface area contributed by atoms with Crippen LogP contribution >= 0.6 is 0 Å². The van der Waals surface area contributed by atoms with Crippen LogP contribution in [-0.4, -0.2) is 90.4 Å². The quantitative estimate of drug-likeness (QED) is 0.742. The van der Waals surface area contributed by atoms with E-state index in [1.807, 2.05) is 0 Å². The highest BCUT2D eigenvalue weighted by Crippen LogP contribution is 2.17. The van der Waals surface area contributed by atoms with Gasteiger partial charge >= 0.3 is 0 Å². The van der Waals surface area contributed by atoms with Gasteiger partial charge in [0.2, 0.25) is 5.95 Å². The average Bonchev–Trinajstić information content (AvgIpc) is 2.80. The normalized spacial score (nSPS) is 19.2. The lowest BCUT2D eigenvalue weighted by Gasteiger charge is -2.36. The fourth-order valence-corrected chi connectivity index (χ4v) is 3.90. The first-order chi connectivity index (χ1) is 14.3. The molecule has 0 aliphatic carbocycles. The van der Waals surface area contributed by atoms with E-state index in [0.29, 0.717) is 0 Å². The summed E-state index contributed by atoms with van der Waals surface area (Å²) in [5.41, 5.74) is 1.26. The van der Waals surface area contributed by atoms with E-state index < -0.39 is 0 Å². The predicted octanol–water partition coefficient (Wildman–Crippen LogP) is 1.85. The van der Waals surface area contributed by atoms with Crippen molar-refractivity contribution >= 4 is 17.8 Å². The second-order valence-electron chi connectivity index (χ2n) is 7.64. The number of hydrogen-bond acceptors (Lipinski definition) is 7. The summed E-state index contributed by atoms with van der Waals surface area (Å²) < 4.78 is 0. The molecular formula is C22H31N7. The van der Waals surface area contributed by atoms with Gasteiger partial charge in [0.1, 0.15) is 0 Å². The van der Waals surface area contributed by atoms with Gasteiger partial charge < -0.3 is 14.7 Å². The molecule has 3 heterocycles. The molecule has 1 aromatic heterocycles. The molecule has 2 aliphatic heterocycles. The molecule has 154 valence electrons. The van der Waals surface area contributed by atoms with Crippen LogP contribution in [-0.2, 0) is 0 Å². The maximum absolute atomic E-state index is 4.83. The fraction of sp³-hybridized carbons (Fsp3) is 0.500. The molecule has 29 heavy (non-hydrogen) atoms. The lowest BCUT2D eigenvalue weighted by atomic mass is 10.2. The van der Waals surface area contributed by atoms with Gasteiger partial charge in [-0.25, -0.2) is 0 Å². The van der Waals surface area contributed by atoms with Crippen LogP contribution in [0.4, 0.5) is 11.8 Å². The molecule has 0 radical (unpaired) electrons. The summed E-state index contributed by atoms with van der Waals surface area (Å²) in [6, 6.07) is 10.5. The minimum atomic E-state index is 0.770. The van der Waals surface area contributed by atoms with Gasteiger partial charge in [-0.3, -0.25) is 4.90 Å². The Hall–Kier alpha value is -2.51. The minimum Gasteiger partial charge on any atom is -0.353 e. The van der Waals surface area contributed by atoms with Crippen LogP contribution in [0.3, 0.4) is 0 Å². The molecular weight excluding hydrogens is 362 g/mol. The molecule has 2 fully saturated rings. The van der Waals surface area contributed by atoms with E-state index in [-0.39, 0.29) is 0 Å². The molecule has 0 atom stereocenters. The summed E-state index contributed by atoms with van der Waals surface area (Å²) in [7, 11) is 0. The Morgan fingerprint density at radius 3 is 2.28 bits per heavy atom. The van der Waals surface area contributed by atoms with Gasteiger partial charge in [0.25, 0.3) is 0 Å². The van der Waals surface area contributed by atoms with Gasteiger partial charge in [-0.2, -0.15) is 10.1 Å². The van der Waals surface area contributed by atoms with Crippen molar-refractivity contribution in [1.29, 1.82) is 0 Å². The largest absolute Gasteiger partial charge is 0.353 e. The standard InChI is InChI=1S/C22H31N7/c1-2-26-11-17-29(18-12-26)22-24-21(19-23-25-22)28-15-13-27(14-16-28)10-6-9-20-7-4-3-5-8-20/h3-9,19H,2,10-18H2,1H3/b9-6+. The first-order valence-corrected chi connectivity index (χ1v) is 10.7. The molecule has 1 aromatic carbocycles. The second kappa shape index (κ2) is 9.80. The topological polar surface area (TPSA) is 51.6 Å². The Morgan fingerprint density at radius 2 is 1.55 bits per heavy atom. The molecule has 0 unspecified atom stereocenters. The highest BCUT2D eigenvalue weighted by Gasteiger charge is 2.21.